The van der Waals surface area contributed by atoms with Crippen LogP contribution in [0.1, 0.15) is 53.4 Å². The molecule has 4 nitrogen and oxygen atoms in total. The highest BCUT2D eigenvalue weighted by Crippen LogP contribution is 2.00. The minimum absolute atomic E-state index is 0.0328. The molecule has 0 saturated heterocycles. The molecule has 0 rings (SSSR count). The molecule has 0 unspecified atom stereocenters. The van der Waals surface area contributed by atoms with Crippen molar-refractivity contribution in [2.75, 3.05) is 19.6 Å². The quantitative estimate of drug-likeness (QED) is 0.643. The molecule has 0 bridgehead atoms. The van der Waals surface area contributed by atoms with Crippen molar-refractivity contribution in [1.29, 1.82) is 0 Å². The van der Waals surface area contributed by atoms with Crippen LogP contribution in [0.25, 0.3) is 0 Å². The van der Waals surface area contributed by atoms with Crippen molar-refractivity contribution < 1.29 is 9.59 Å². The Morgan fingerprint density at radius 3 is 2.33 bits per heavy atom. The van der Waals surface area contributed by atoms with Crippen LogP contribution in [0.15, 0.2) is 0 Å². The predicted octanol–water partition coefficient (Wildman–Crippen LogP) is 2.19. The number of carbonyl (C=O) groups excluding carboxylic acids is 2. The van der Waals surface area contributed by atoms with Crippen LogP contribution in [0.3, 0.4) is 0 Å². The van der Waals surface area contributed by atoms with Gasteiger partial charge in [-0.05, 0) is 12.3 Å². The van der Waals surface area contributed by atoms with E-state index in [1.54, 1.807) is 11.8 Å². The van der Waals surface area contributed by atoms with Crippen LogP contribution >= 0.6 is 0 Å². The topological polar surface area (TPSA) is 49.4 Å². The van der Waals surface area contributed by atoms with Crippen LogP contribution in [0.2, 0.25) is 0 Å². The van der Waals surface area contributed by atoms with E-state index in [4.69, 9.17) is 0 Å². The Morgan fingerprint density at radius 1 is 1.17 bits per heavy atom. The Bertz CT molecular complexity index is 252. The third-order valence-corrected chi connectivity index (χ3v) is 2.79. The van der Waals surface area contributed by atoms with E-state index in [-0.39, 0.29) is 11.8 Å². The van der Waals surface area contributed by atoms with Gasteiger partial charge in [0.1, 0.15) is 0 Å². The van der Waals surface area contributed by atoms with Gasteiger partial charge in [-0.1, -0.05) is 33.6 Å². The molecule has 0 atom stereocenters. The van der Waals surface area contributed by atoms with Crippen molar-refractivity contribution in [2.24, 2.45) is 5.92 Å². The zero-order valence-electron chi connectivity index (χ0n) is 12.3. The van der Waals surface area contributed by atoms with E-state index < -0.39 is 0 Å². The van der Waals surface area contributed by atoms with Gasteiger partial charge in [0.15, 0.2) is 0 Å². The van der Waals surface area contributed by atoms with Crippen molar-refractivity contribution >= 4 is 11.8 Å². The van der Waals surface area contributed by atoms with E-state index in [2.05, 4.69) is 26.1 Å². The second kappa shape index (κ2) is 9.92. The lowest BCUT2D eigenvalue weighted by Crippen LogP contribution is -2.35. The summed E-state index contributed by atoms with van der Waals surface area (Å²) in [6.45, 7) is 9.83. The smallest absolute Gasteiger partial charge is 0.221 e. The molecule has 0 radical (unpaired) electrons. The van der Waals surface area contributed by atoms with Crippen molar-refractivity contribution in [3.05, 3.63) is 0 Å². The van der Waals surface area contributed by atoms with E-state index in [1.807, 2.05) is 0 Å². The lowest BCUT2D eigenvalue weighted by Gasteiger charge is -2.20. The molecule has 0 aromatic carbocycles. The van der Waals surface area contributed by atoms with E-state index in [1.165, 1.54) is 0 Å². The van der Waals surface area contributed by atoms with Crippen LogP contribution in [0.5, 0.6) is 0 Å². The van der Waals surface area contributed by atoms with Gasteiger partial charge in [0.05, 0.1) is 0 Å². The van der Waals surface area contributed by atoms with Crippen LogP contribution in [-0.2, 0) is 9.59 Å². The van der Waals surface area contributed by atoms with Gasteiger partial charge in [-0.2, -0.15) is 0 Å². The summed E-state index contributed by atoms with van der Waals surface area (Å²) in [4.78, 5) is 24.7. The molecule has 2 amide bonds. The summed E-state index contributed by atoms with van der Waals surface area (Å²) < 4.78 is 0. The van der Waals surface area contributed by atoms with Crippen molar-refractivity contribution in [2.45, 2.75) is 53.4 Å². The maximum atomic E-state index is 11.6. The first-order chi connectivity index (χ1) is 8.47. The molecule has 0 aromatic rings. The Morgan fingerprint density at radius 2 is 1.83 bits per heavy atom. The minimum Gasteiger partial charge on any atom is -0.356 e. The number of carbonyl (C=O) groups is 2. The van der Waals surface area contributed by atoms with Crippen molar-refractivity contribution in [3.63, 3.8) is 0 Å². The van der Waals surface area contributed by atoms with Crippen LogP contribution < -0.4 is 5.32 Å². The predicted molar refractivity (Wildman–Crippen MR) is 74.2 cm³/mol. The first-order valence-corrected chi connectivity index (χ1v) is 6.99. The average molecular weight is 256 g/mol. The molecule has 0 fully saturated rings. The molecule has 0 heterocycles. The Balaban J connectivity index is 3.88. The highest BCUT2D eigenvalue weighted by Gasteiger charge is 2.10. The first kappa shape index (κ1) is 16.9. The summed E-state index contributed by atoms with van der Waals surface area (Å²) in [6, 6.07) is 0. The molecule has 0 aliphatic heterocycles. The van der Waals surface area contributed by atoms with Gasteiger partial charge in [-0.15, -0.1) is 0 Å². The van der Waals surface area contributed by atoms with Gasteiger partial charge in [0.25, 0.3) is 0 Å². The third kappa shape index (κ3) is 9.02. The number of rotatable bonds is 9. The van der Waals surface area contributed by atoms with E-state index in [0.29, 0.717) is 25.4 Å². The van der Waals surface area contributed by atoms with Gasteiger partial charge in [0.2, 0.25) is 11.8 Å². The summed E-state index contributed by atoms with van der Waals surface area (Å²) in [5.74, 6) is 0.551. The third-order valence-electron chi connectivity index (χ3n) is 2.79. The molecule has 106 valence electrons. The molecule has 0 spiro atoms. The lowest BCUT2D eigenvalue weighted by atomic mass is 10.2. The lowest BCUT2D eigenvalue weighted by molar-refractivity contribution is -0.129. The number of amides is 2. The molecule has 0 aliphatic carbocycles. The molecular weight excluding hydrogens is 228 g/mol. The summed E-state index contributed by atoms with van der Waals surface area (Å²) in [5, 5.41) is 2.87. The standard InChI is InChI=1S/C14H28N2O2/c1-5-6-7-9-16(13(4)17)10-8-14(18)15-11-12(2)3/h12H,5-11H2,1-4H3,(H,15,18). The maximum absolute atomic E-state index is 11.6. The number of hydrogen-bond acceptors (Lipinski definition) is 2. The van der Waals surface area contributed by atoms with Gasteiger partial charge in [0, 0.05) is 33.0 Å². The van der Waals surface area contributed by atoms with Crippen LogP contribution in [0.4, 0.5) is 0 Å². The summed E-state index contributed by atoms with van der Waals surface area (Å²) in [7, 11) is 0. The van der Waals surface area contributed by atoms with Gasteiger partial charge in [-0.3, -0.25) is 9.59 Å². The zero-order chi connectivity index (χ0) is 14.0. The SMILES string of the molecule is CCCCCN(CCC(=O)NCC(C)C)C(C)=O. The van der Waals surface area contributed by atoms with E-state index in [0.717, 1.165) is 25.8 Å². The molecule has 18 heavy (non-hydrogen) atoms. The van der Waals surface area contributed by atoms with Gasteiger partial charge >= 0.3 is 0 Å². The molecule has 1 N–H and O–H groups in total. The summed E-state index contributed by atoms with van der Waals surface area (Å²) in [6.07, 6.45) is 3.69. The van der Waals surface area contributed by atoms with Crippen molar-refractivity contribution in [1.82, 2.24) is 10.2 Å². The van der Waals surface area contributed by atoms with Gasteiger partial charge in [-0.25, -0.2) is 0 Å². The van der Waals surface area contributed by atoms with Gasteiger partial charge < -0.3 is 10.2 Å². The Hall–Kier alpha value is -1.06. The number of nitrogens with one attached hydrogen (secondary N) is 1. The fourth-order valence-electron chi connectivity index (χ4n) is 1.62. The van der Waals surface area contributed by atoms with Crippen molar-refractivity contribution in [3.8, 4) is 0 Å². The Labute approximate surface area is 111 Å². The number of hydrogen-bond donors (Lipinski definition) is 1. The fraction of sp³-hybridized carbons (Fsp3) is 0.857. The maximum Gasteiger partial charge on any atom is 0.221 e. The monoisotopic (exact) mass is 256 g/mol. The molecular formula is C14H28N2O2. The van der Waals surface area contributed by atoms with Crippen LogP contribution in [-0.4, -0.2) is 36.3 Å². The number of unbranched alkanes of at least 4 members (excludes halogenated alkanes) is 2. The van der Waals surface area contributed by atoms with Crippen LogP contribution in [0, 0.1) is 5.92 Å². The molecule has 0 saturated carbocycles. The normalized spacial score (nSPS) is 10.5. The highest BCUT2D eigenvalue weighted by atomic mass is 16.2. The second-order valence-corrected chi connectivity index (χ2v) is 5.16. The Kier molecular flexibility index (Phi) is 9.33. The fourth-order valence-corrected chi connectivity index (χ4v) is 1.62. The molecule has 0 aromatic heterocycles. The zero-order valence-corrected chi connectivity index (χ0v) is 12.3. The number of nitrogens with zero attached hydrogens (tertiary/aromatic N) is 1. The summed E-state index contributed by atoms with van der Waals surface area (Å²) in [5.41, 5.74) is 0. The largest absolute Gasteiger partial charge is 0.356 e. The average Bonchev–Trinajstić information content (AvgIpc) is 2.30. The highest BCUT2D eigenvalue weighted by molar-refractivity contribution is 5.77. The first-order valence-electron chi connectivity index (χ1n) is 6.99. The minimum atomic E-state index is 0.0328. The molecule has 4 heteroatoms. The summed E-state index contributed by atoms with van der Waals surface area (Å²) >= 11 is 0. The van der Waals surface area contributed by atoms with E-state index >= 15 is 0 Å². The second-order valence-electron chi connectivity index (χ2n) is 5.16. The molecule has 0 aliphatic rings. The van der Waals surface area contributed by atoms with E-state index in [9.17, 15) is 9.59 Å².